The Hall–Kier alpha value is -1.12. The molecule has 2 bridgehead atoms. The summed E-state index contributed by atoms with van der Waals surface area (Å²) >= 11 is 1.70. The zero-order valence-electron chi connectivity index (χ0n) is 14.8. The molecule has 0 saturated carbocycles. The molecule has 134 valence electrons. The molecule has 0 N–H and O–H groups in total. The third-order valence-corrected chi connectivity index (χ3v) is 5.43. The second-order valence-electron chi connectivity index (χ2n) is 7.05. The van der Waals surface area contributed by atoms with Gasteiger partial charge in [0.2, 0.25) is 11.8 Å². The van der Waals surface area contributed by atoms with E-state index in [1.54, 1.807) is 16.7 Å². The molecule has 8 heteroatoms. The number of amides is 1. The number of nitrogens with zero attached hydrogens (tertiary/aromatic N) is 5. The van der Waals surface area contributed by atoms with Crippen LogP contribution in [0, 0.1) is 5.92 Å². The molecular weight excluding hydrogens is 326 g/mol. The third-order valence-electron chi connectivity index (χ3n) is 4.88. The van der Waals surface area contributed by atoms with Crippen molar-refractivity contribution < 1.29 is 9.32 Å². The lowest BCUT2D eigenvalue weighted by atomic mass is 9.95. The minimum absolute atomic E-state index is 0.182. The van der Waals surface area contributed by atoms with Crippen LogP contribution in [0.25, 0.3) is 0 Å². The van der Waals surface area contributed by atoms with Crippen molar-refractivity contribution in [1.29, 1.82) is 0 Å². The quantitative estimate of drug-likeness (QED) is 0.753. The summed E-state index contributed by atoms with van der Waals surface area (Å²) in [6, 6.07) is 0.467. The first-order valence-corrected chi connectivity index (χ1v) is 9.91. The van der Waals surface area contributed by atoms with Gasteiger partial charge in [-0.15, -0.1) is 0 Å². The van der Waals surface area contributed by atoms with Crippen molar-refractivity contribution in [1.82, 2.24) is 24.8 Å². The van der Waals surface area contributed by atoms with Gasteiger partial charge in [-0.25, -0.2) is 0 Å². The van der Waals surface area contributed by atoms with E-state index in [9.17, 15) is 4.79 Å². The zero-order valence-corrected chi connectivity index (χ0v) is 15.6. The highest BCUT2D eigenvalue weighted by molar-refractivity contribution is 7.97. The monoisotopic (exact) mass is 353 g/mol. The second-order valence-corrected chi connectivity index (χ2v) is 7.91. The van der Waals surface area contributed by atoms with Crippen molar-refractivity contribution in [3.8, 4) is 0 Å². The molecule has 1 amide bonds. The van der Waals surface area contributed by atoms with Crippen LogP contribution in [0.4, 0.5) is 0 Å². The zero-order chi connectivity index (χ0) is 17.1. The Labute approximate surface area is 147 Å². The molecule has 7 nitrogen and oxygen atoms in total. The predicted molar refractivity (Wildman–Crippen MR) is 93.6 cm³/mol. The lowest BCUT2D eigenvalue weighted by Crippen LogP contribution is -2.44. The normalized spacial score (nSPS) is 25.0. The van der Waals surface area contributed by atoms with Crippen molar-refractivity contribution in [2.24, 2.45) is 5.92 Å². The van der Waals surface area contributed by atoms with Gasteiger partial charge in [-0.3, -0.25) is 14.6 Å². The molecule has 4 rings (SSSR count). The summed E-state index contributed by atoms with van der Waals surface area (Å²) in [6.07, 6.45) is 4.46. The molecule has 1 aromatic rings. The summed E-state index contributed by atoms with van der Waals surface area (Å²) in [5.74, 6) is 3.07. The smallest absolute Gasteiger partial charge is 0.240 e. The average molecular weight is 353 g/mol. The number of thioether (sulfide) groups is 1. The minimum atomic E-state index is 0.182. The SMILES string of the molecule is CSCc1noc(CN2C[C@H]3CC[C@@H]2CN(CC(=O)N(C)C)C3)n1. The molecular formula is C16H27N5O2S. The topological polar surface area (TPSA) is 65.7 Å². The van der Waals surface area contributed by atoms with E-state index in [0.717, 1.165) is 37.8 Å². The molecule has 0 spiro atoms. The number of piperidine rings is 1. The third kappa shape index (κ3) is 4.29. The van der Waals surface area contributed by atoms with Crippen LogP contribution in [0.1, 0.15) is 24.6 Å². The van der Waals surface area contributed by atoms with E-state index in [1.807, 2.05) is 20.4 Å². The van der Waals surface area contributed by atoms with Crippen LogP contribution in [0.15, 0.2) is 4.52 Å². The molecule has 0 aromatic carbocycles. The van der Waals surface area contributed by atoms with Crippen LogP contribution in [-0.2, 0) is 17.1 Å². The van der Waals surface area contributed by atoms with Gasteiger partial charge in [0.25, 0.3) is 0 Å². The molecule has 0 unspecified atom stereocenters. The number of likely N-dealkylation sites (N-methyl/N-ethyl adjacent to an activating group) is 1. The van der Waals surface area contributed by atoms with E-state index in [4.69, 9.17) is 4.52 Å². The van der Waals surface area contributed by atoms with Crippen molar-refractivity contribution in [3.63, 3.8) is 0 Å². The molecule has 24 heavy (non-hydrogen) atoms. The first-order valence-electron chi connectivity index (χ1n) is 8.52. The fraction of sp³-hybridized carbons (Fsp3) is 0.812. The average Bonchev–Trinajstić information content (AvgIpc) is 2.79. The van der Waals surface area contributed by atoms with E-state index < -0.39 is 0 Å². The van der Waals surface area contributed by atoms with Gasteiger partial charge < -0.3 is 9.42 Å². The number of hydrogen-bond acceptors (Lipinski definition) is 7. The number of carbonyl (C=O) groups excluding carboxylic acids is 1. The van der Waals surface area contributed by atoms with Crippen molar-refractivity contribution in [2.75, 3.05) is 46.5 Å². The van der Waals surface area contributed by atoms with Gasteiger partial charge in [-0.05, 0) is 25.0 Å². The van der Waals surface area contributed by atoms with E-state index in [2.05, 4.69) is 19.9 Å². The second kappa shape index (κ2) is 7.84. The van der Waals surface area contributed by atoms with Crippen molar-refractivity contribution in [3.05, 3.63) is 11.7 Å². The maximum absolute atomic E-state index is 12.0. The van der Waals surface area contributed by atoms with E-state index in [0.29, 0.717) is 24.4 Å². The largest absolute Gasteiger partial charge is 0.348 e. The molecule has 3 saturated heterocycles. The summed E-state index contributed by atoms with van der Waals surface area (Å²) in [5, 5.41) is 4.04. The highest BCUT2D eigenvalue weighted by Gasteiger charge is 2.36. The first kappa shape index (κ1) is 17.7. The first-order chi connectivity index (χ1) is 11.5. The maximum Gasteiger partial charge on any atom is 0.240 e. The van der Waals surface area contributed by atoms with Crippen molar-refractivity contribution in [2.45, 2.75) is 31.2 Å². The van der Waals surface area contributed by atoms with Gasteiger partial charge >= 0.3 is 0 Å². The van der Waals surface area contributed by atoms with Crippen LogP contribution in [0.3, 0.4) is 0 Å². The van der Waals surface area contributed by atoms with Gasteiger partial charge in [0.1, 0.15) is 0 Å². The van der Waals surface area contributed by atoms with Crippen LogP contribution >= 0.6 is 11.8 Å². The Morgan fingerprint density at radius 3 is 2.92 bits per heavy atom. The van der Waals surface area contributed by atoms with Gasteiger partial charge in [0.15, 0.2) is 5.82 Å². The standard InChI is InChI=1S/C16H27N5O2S/c1-19(2)16(22)10-20-6-12-4-5-13(8-20)21(7-12)9-15-17-14(11-24-3)18-23-15/h12-13H,4-11H2,1-3H3/t12-,13+/m0/s1. The Bertz CT molecular complexity index is 564. The summed E-state index contributed by atoms with van der Waals surface area (Å²) in [4.78, 5) is 23.0. The fourth-order valence-electron chi connectivity index (χ4n) is 3.65. The number of hydrogen-bond donors (Lipinski definition) is 0. The molecule has 0 radical (unpaired) electrons. The molecule has 0 aliphatic carbocycles. The van der Waals surface area contributed by atoms with E-state index >= 15 is 0 Å². The Morgan fingerprint density at radius 2 is 2.17 bits per heavy atom. The van der Waals surface area contributed by atoms with E-state index in [1.165, 1.54) is 12.8 Å². The highest BCUT2D eigenvalue weighted by Crippen LogP contribution is 2.29. The number of aromatic nitrogens is 2. The minimum Gasteiger partial charge on any atom is -0.348 e. The highest BCUT2D eigenvalue weighted by atomic mass is 32.2. The van der Waals surface area contributed by atoms with Gasteiger partial charge in [-0.1, -0.05) is 5.16 Å². The summed E-state index contributed by atoms with van der Waals surface area (Å²) in [7, 11) is 3.64. The number of fused-ring (bicyclic) bond motifs is 4. The maximum atomic E-state index is 12.0. The molecule has 3 aliphatic heterocycles. The summed E-state index contributed by atoms with van der Waals surface area (Å²) < 4.78 is 5.40. The Morgan fingerprint density at radius 1 is 1.33 bits per heavy atom. The molecule has 4 heterocycles. The van der Waals surface area contributed by atoms with Gasteiger partial charge in [-0.2, -0.15) is 16.7 Å². The van der Waals surface area contributed by atoms with E-state index in [-0.39, 0.29) is 5.91 Å². The number of rotatable bonds is 6. The Balaban J connectivity index is 1.61. The van der Waals surface area contributed by atoms with Crippen molar-refractivity contribution >= 4 is 17.7 Å². The summed E-state index contributed by atoms with van der Waals surface area (Å²) in [5.41, 5.74) is 0. The fourth-order valence-corrected chi connectivity index (χ4v) is 4.02. The molecule has 2 atom stereocenters. The molecule has 3 aliphatic rings. The van der Waals surface area contributed by atoms with Crippen LogP contribution in [0.5, 0.6) is 0 Å². The van der Waals surface area contributed by atoms with Crippen LogP contribution in [0.2, 0.25) is 0 Å². The Kier molecular flexibility index (Phi) is 5.78. The predicted octanol–water partition coefficient (Wildman–Crippen LogP) is 0.917. The van der Waals surface area contributed by atoms with Crippen LogP contribution in [-0.4, -0.2) is 83.3 Å². The molecule has 3 fully saturated rings. The van der Waals surface area contributed by atoms with Gasteiger partial charge in [0.05, 0.1) is 18.8 Å². The summed E-state index contributed by atoms with van der Waals surface area (Å²) in [6.45, 7) is 4.25. The molecule has 1 aromatic heterocycles. The number of carbonyl (C=O) groups is 1. The van der Waals surface area contributed by atoms with Crippen LogP contribution < -0.4 is 0 Å². The van der Waals surface area contributed by atoms with Gasteiger partial charge in [0, 0.05) is 39.8 Å². The lowest BCUT2D eigenvalue weighted by molar-refractivity contribution is -0.130. The lowest BCUT2D eigenvalue weighted by Gasteiger charge is -2.35.